The van der Waals surface area contributed by atoms with Crippen molar-refractivity contribution < 1.29 is 23.5 Å². The molecular formula is C23H24FNO4. The number of cyclic esters (lactones) is 1. The Hall–Kier alpha value is -3.02. The van der Waals surface area contributed by atoms with E-state index in [2.05, 4.69) is 0 Å². The fourth-order valence-corrected chi connectivity index (χ4v) is 3.62. The van der Waals surface area contributed by atoms with Crippen molar-refractivity contribution in [3.05, 3.63) is 71.5 Å². The molecule has 2 aromatic carbocycles. The molecule has 0 N–H and O–H groups in total. The number of ether oxygens (including phenoxy) is 1. The lowest BCUT2D eigenvalue weighted by molar-refractivity contribution is -0.130. The highest BCUT2D eigenvalue weighted by molar-refractivity contribution is 5.97. The van der Waals surface area contributed by atoms with Gasteiger partial charge in [0, 0.05) is 18.4 Å². The molecule has 0 spiro atoms. The van der Waals surface area contributed by atoms with Crippen molar-refractivity contribution in [3.8, 4) is 0 Å². The summed E-state index contributed by atoms with van der Waals surface area (Å²) in [6.07, 6.45) is -0.637. The molecule has 1 saturated heterocycles. The van der Waals surface area contributed by atoms with Crippen molar-refractivity contribution >= 4 is 17.8 Å². The van der Waals surface area contributed by atoms with E-state index in [0.29, 0.717) is 12.0 Å². The summed E-state index contributed by atoms with van der Waals surface area (Å²) in [5.41, 5.74) is 1.25. The quantitative estimate of drug-likeness (QED) is 0.622. The van der Waals surface area contributed by atoms with Crippen LogP contribution in [0.15, 0.2) is 54.6 Å². The zero-order chi connectivity index (χ0) is 21.0. The fourth-order valence-electron chi connectivity index (χ4n) is 3.62. The number of Topliss-reactive ketones (excluding diaryl/α,β-unsaturated/α-hetero) is 1. The highest BCUT2D eigenvalue weighted by Gasteiger charge is 2.47. The van der Waals surface area contributed by atoms with E-state index < -0.39 is 24.1 Å². The average Bonchev–Trinajstić information content (AvgIpc) is 3.06. The van der Waals surface area contributed by atoms with Gasteiger partial charge in [0.15, 0.2) is 5.78 Å². The number of carbonyl (C=O) groups excluding carboxylic acids is 3. The fraction of sp³-hybridized carbons (Fsp3) is 0.348. The maximum Gasteiger partial charge on any atom is 0.417 e. The third-order valence-electron chi connectivity index (χ3n) is 5.07. The van der Waals surface area contributed by atoms with Gasteiger partial charge in [-0.25, -0.2) is 14.1 Å². The molecule has 1 fully saturated rings. The predicted octanol–water partition coefficient (Wildman–Crippen LogP) is 4.92. The minimum absolute atomic E-state index is 0.0106. The smallest absolute Gasteiger partial charge is 0.417 e. The monoisotopic (exact) mass is 397 g/mol. The van der Waals surface area contributed by atoms with Gasteiger partial charge in [0.05, 0.1) is 6.04 Å². The van der Waals surface area contributed by atoms with Crippen molar-refractivity contribution in [2.24, 2.45) is 5.92 Å². The van der Waals surface area contributed by atoms with Crippen molar-refractivity contribution in [2.45, 2.75) is 45.3 Å². The molecule has 0 saturated carbocycles. The molecule has 2 atom stereocenters. The predicted molar refractivity (Wildman–Crippen MR) is 106 cm³/mol. The SMILES string of the molecule is CC(C)[C@H]1C(c2ccccc2)OC(=O)N1C(=O)CCCC(=O)c1ccc(F)cc1. The molecule has 5 nitrogen and oxygen atoms in total. The number of ketones is 1. The number of rotatable bonds is 7. The lowest BCUT2D eigenvalue weighted by atomic mass is 9.92. The molecule has 29 heavy (non-hydrogen) atoms. The van der Waals surface area contributed by atoms with Gasteiger partial charge in [-0.3, -0.25) is 9.59 Å². The summed E-state index contributed by atoms with van der Waals surface area (Å²) in [7, 11) is 0. The summed E-state index contributed by atoms with van der Waals surface area (Å²) in [5, 5.41) is 0. The molecule has 0 aromatic heterocycles. The van der Waals surface area contributed by atoms with E-state index in [0.717, 1.165) is 5.56 Å². The van der Waals surface area contributed by atoms with Crippen LogP contribution in [0.25, 0.3) is 0 Å². The van der Waals surface area contributed by atoms with Crippen LogP contribution in [-0.4, -0.2) is 28.7 Å². The van der Waals surface area contributed by atoms with E-state index in [-0.39, 0.29) is 30.4 Å². The molecule has 152 valence electrons. The van der Waals surface area contributed by atoms with E-state index in [1.54, 1.807) is 0 Å². The molecule has 1 heterocycles. The standard InChI is InChI=1S/C23H24FNO4/c1-15(2)21-22(17-7-4-3-5-8-17)29-23(28)25(21)20(27)10-6-9-19(26)16-11-13-18(24)14-12-16/h3-5,7-8,11-15,21-22H,6,9-10H2,1-2H3/t21-,22?/m0/s1. The highest BCUT2D eigenvalue weighted by atomic mass is 19.1. The normalized spacial score (nSPS) is 18.8. The van der Waals surface area contributed by atoms with Crippen molar-refractivity contribution in [1.29, 1.82) is 0 Å². The van der Waals surface area contributed by atoms with E-state index >= 15 is 0 Å². The van der Waals surface area contributed by atoms with Gasteiger partial charge in [0.25, 0.3) is 0 Å². The Kier molecular flexibility index (Phi) is 6.42. The highest BCUT2D eigenvalue weighted by Crippen LogP contribution is 2.37. The Morgan fingerprint density at radius 1 is 1.03 bits per heavy atom. The first-order valence-corrected chi connectivity index (χ1v) is 9.75. The molecule has 2 amide bonds. The summed E-state index contributed by atoms with van der Waals surface area (Å²) in [4.78, 5) is 38.6. The topological polar surface area (TPSA) is 63.7 Å². The molecule has 1 aliphatic rings. The number of hydrogen-bond acceptors (Lipinski definition) is 4. The van der Waals surface area contributed by atoms with Crippen LogP contribution in [0.3, 0.4) is 0 Å². The number of benzene rings is 2. The summed E-state index contributed by atoms with van der Waals surface area (Å²) in [5.74, 6) is -0.906. The van der Waals surface area contributed by atoms with Crippen LogP contribution in [0.4, 0.5) is 9.18 Å². The number of amides is 2. The summed E-state index contributed by atoms with van der Waals surface area (Å²) >= 11 is 0. The Bertz CT molecular complexity index is 880. The molecule has 2 aromatic rings. The lowest BCUT2D eigenvalue weighted by Gasteiger charge is -2.26. The number of imide groups is 1. The van der Waals surface area contributed by atoms with Crippen LogP contribution in [0.5, 0.6) is 0 Å². The second-order valence-corrected chi connectivity index (χ2v) is 7.50. The molecule has 1 aliphatic heterocycles. The average molecular weight is 397 g/mol. The van der Waals surface area contributed by atoms with E-state index in [9.17, 15) is 18.8 Å². The van der Waals surface area contributed by atoms with Crippen LogP contribution in [0.2, 0.25) is 0 Å². The molecule has 1 unspecified atom stereocenters. The zero-order valence-electron chi connectivity index (χ0n) is 16.5. The van der Waals surface area contributed by atoms with Gasteiger partial charge in [-0.1, -0.05) is 44.2 Å². The van der Waals surface area contributed by atoms with Crippen molar-refractivity contribution in [3.63, 3.8) is 0 Å². The van der Waals surface area contributed by atoms with Gasteiger partial charge >= 0.3 is 6.09 Å². The maximum atomic E-state index is 13.0. The lowest BCUT2D eigenvalue weighted by Crippen LogP contribution is -2.42. The van der Waals surface area contributed by atoms with E-state index in [4.69, 9.17) is 4.74 Å². The van der Waals surface area contributed by atoms with Crippen LogP contribution >= 0.6 is 0 Å². The Balaban J connectivity index is 1.63. The maximum absolute atomic E-state index is 13.0. The Morgan fingerprint density at radius 2 is 1.69 bits per heavy atom. The number of halogens is 1. The first kappa shape index (κ1) is 20.7. The number of nitrogens with zero attached hydrogens (tertiary/aromatic N) is 1. The summed E-state index contributed by atoms with van der Waals surface area (Å²) in [6, 6.07) is 14.3. The largest absolute Gasteiger partial charge is 0.439 e. The van der Waals surface area contributed by atoms with E-state index in [1.165, 1.54) is 29.2 Å². The van der Waals surface area contributed by atoms with E-state index in [1.807, 2.05) is 44.2 Å². The second-order valence-electron chi connectivity index (χ2n) is 7.50. The van der Waals surface area contributed by atoms with Crippen LogP contribution < -0.4 is 0 Å². The van der Waals surface area contributed by atoms with Gasteiger partial charge in [0.2, 0.25) is 5.91 Å². The summed E-state index contributed by atoms with van der Waals surface area (Å²) < 4.78 is 18.5. The van der Waals surface area contributed by atoms with Crippen LogP contribution in [0, 0.1) is 11.7 Å². The van der Waals surface area contributed by atoms with Gasteiger partial charge in [-0.05, 0) is 42.2 Å². The molecular weight excluding hydrogens is 373 g/mol. The molecule has 3 rings (SSSR count). The van der Waals surface area contributed by atoms with Crippen LogP contribution in [-0.2, 0) is 9.53 Å². The zero-order valence-corrected chi connectivity index (χ0v) is 16.5. The third kappa shape index (κ3) is 4.70. The molecule has 0 aliphatic carbocycles. The van der Waals surface area contributed by atoms with Crippen molar-refractivity contribution in [2.75, 3.05) is 0 Å². The minimum Gasteiger partial charge on any atom is -0.439 e. The molecule has 6 heteroatoms. The Labute approximate surface area is 169 Å². The first-order chi connectivity index (χ1) is 13.9. The van der Waals surface area contributed by atoms with Gasteiger partial charge < -0.3 is 4.74 Å². The number of hydrogen-bond donors (Lipinski definition) is 0. The minimum atomic E-state index is -0.646. The second kappa shape index (κ2) is 8.99. The Morgan fingerprint density at radius 3 is 2.31 bits per heavy atom. The number of carbonyl (C=O) groups is 3. The van der Waals surface area contributed by atoms with Gasteiger partial charge in [-0.15, -0.1) is 0 Å². The molecule has 0 bridgehead atoms. The van der Waals surface area contributed by atoms with Gasteiger partial charge in [-0.2, -0.15) is 0 Å². The van der Waals surface area contributed by atoms with Crippen molar-refractivity contribution in [1.82, 2.24) is 4.90 Å². The third-order valence-corrected chi connectivity index (χ3v) is 5.07. The first-order valence-electron chi connectivity index (χ1n) is 9.75. The molecule has 0 radical (unpaired) electrons. The van der Waals surface area contributed by atoms with Crippen LogP contribution in [0.1, 0.15) is 55.1 Å². The van der Waals surface area contributed by atoms with Gasteiger partial charge in [0.1, 0.15) is 11.9 Å². The summed E-state index contributed by atoms with van der Waals surface area (Å²) in [6.45, 7) is 3.89.